The molecule has 1 aromatic heterocycles. The Morgan fingerprint density at radius 3 is 2.83 bits per heavy atom. The number of hydrogen-bond acceptors (Lipinski definition) is 4. The zero-order valence-electron chi connectivity index (χ0n) is 13.4. The quantitative estimate of drug-likeness (QED) is 0.600. The number of halogens is 1. The minimum atomic E-state index is -0.308. The van der Waals surface area contributed by atoms with Crippen LogP contribution in [0.4, 0.5) is 0 Å². The van der Waals surface area contributed by atoms with E-state index in [2.05, 4.69) is 26.2 Å². The highest BCUT2D eigenvalue weighted by Crippen LogP contribution is 2.24. The molecular formula is C16H20BrN3O2S. The number of hydrogen-bond donors (Lipinski definition) is 1. The number of rotatable bonds is 6. The second kappa shape index (κ2) is 7.97. The molecule has 0 saturated carbocycles. The number of nitrogens with one attached hydrogen (secondary N) is 1. The van der Waals surface area contributed by atoms with Gasteiger partial charge in [0.25, 0.3) is 5.56 Å². The van der Waals surface area contributed by atoms with Crippen LogP contribution >= 0.6 is 27.7 Å². The molecule has 2 aromatic rings. The second-order valence-corrected chi connectivity index (χ2v) is 7.39. The maximum atomic E-state index is 12.8. The van der Waals surface area contributed by atoms with Crippen LogP contribution in [0.1, 0.15) is 27.2 Å². The van der Waals surface area contributed by atoms with Gasteiger partial charge in [0.2, 0.25) is 5.91 Å². The van der Waals surface area contributed by atoms with Gasteiger partial charge in [-0.3, -0.25) is 14.2 Å². The number of carbonyl (C=O) groups excluding carboxylic acids is 1. The lowest BCUT2D eigenvalue weighted by molar-refractivity contribution is -0.120. The van der Waals surface area contributed by atoms with Gasteiger partial charge in [0.15, 0.2) is 5.16 Å². The highest BCUT2D eigenvalue weighted by atomic mass is 79.9. The fraction of sp³-hybridized carbons (Fsp3) is 0.438. The smallest absolute Gasteiger partial charge is 0.262 e. The average Bonchev–Trinajstić information content (AvgIpc) is 2.52. The Morgan fingerprint density at radius 2 is 2.17 bits per heavy atom. The van der Waals surface area contributed by atoms with Crippen LogP contribution < -0.4 is 10.9 Å². The molecule has 0 aliphatic carbocycles. The summed E-state index contributed by atoms with van der Waals surface area (Å²) in [5.41, 5.74) is 0.583. The fourth-order valence-electron chi connectivity index (χ4n) is 2.21. The summed E-state index contributed by atoms with van der Waals surface area (Å²) in [4.78, 5) is 29.3. The second-order valence-electron chi connectivity index (χ2n) is 5.17. The lowest BCUT2D eigenvalue weighted by atomic mass is 10.2. The highest BCUT2D eigenvalue weighted by molar-refractivity contribution is 9.10. The first-order valence-corrected chi connectivity index (χ1v) is 9.29. The largest absolute Gasteiger partial charge is 0.355 e. The third-order valence-corrected chi connectivity index (χ3v) is 4.91. The van der Waals surface area contributed by atoms with Crippen molar-refractivity contribution in [2.75, 3.05) is 6.54 Å². The molecule has 0 radical (unpaired) electrons. The molecule has 1 N–H and O–H groups in total. The van der Waals surface area contributed by atoms with Gasteiger partial charge in [0, 0.05) is 17.6 Å². The van der Waals surface area contributed by atoms with Crippen molar-refractivity contribution < 1.29 is 4.79 Å². The van der Waals surface area contributed by atoms with E-state index < -0.39 is 0 Å². The molecule has 0 saturated heterocycles. The third-order valence-electron chi connectivity index (χ3n) is 3.33. The van der Waals surface area contributed by atoms with Gasteiger partial charge in [-0.15, -0.1) is 0 Å². The first-order chi connectivity index (χ1) is 11.0. The molecule has 0 aliphatic rings. The summed E-state index contributed by atoms with van der Waals surface area (Å²) < 4.78 is 2.51. The Hall–Kier alpha value is -1.34. The minimum Gasteiger partial charge on any atom is -0.355 e. The van der Waals surface area contributed by atoms with Crippen molar-refractivity contribution in [1.29, 1.82) is 0 Å². The topological polar surface area (TPSA) is 64.0 Å². The summed E-state index contributed by atoms with van der Waals surface area (Å²) in [7, 11) is 0. The Balaban J connectivity index is 2.49. The maximum absolute atomic E-state index is 12.8. The van der Waals surface area contributed by atoms with Gasteiger partial charge < -0.3 is 5.32 Å². The average molecular weight is 398 g/mol. The third kappa shape index (κ3) is 4.14. The Kier molecular flexibility index (Phi) is 6.24. The van der Waals surface area contributed by atoms with Crippen LogP contribution in [-0.4, -0.2) is 27.3 Å². The molecule has 0 unspecified atom stereocenters. The number of nitrogens with zero attached hydrogens (tertiary/aromatic N) is 2. The number of aromatic nitrogens is 2. The first-order valence-electron chi connectivity index (χ1n) is 7.62. The van der Waals surface area contributed by atoms with E-state index in [4.69, 9.17) is 0 Å². The Morgan fingerprint density at radius 1 is 1.43 bits per heavy atom. The molecule has 1 atom stereocenters. The molecule has 0 bridgehead atoms. The Bertz CT molecular complexity index is 776. The van der Waals surface area contributed by atoms with E-state index in [9.17, 15) is 9.59 Å². The predicted molar refractivity (Wildman–Crippen MR) is 98.0 cm³/mol. The van der Waals surface area contributed by atoms with Crippen LogP contribution in [0.3, 0.4) is 0 Å². The zero-order valence-corrected chi connectivity index (χ0v) is 15.8. The van der Waals surface area contributed by atoms with E-state index >= 15 is 0 Å². The van der Waals surface area contributed by atoms with Crippen molar-refractivity contribution in [3.05, 3.63) is 33.0 Å². The van der Waals surface area contributed by atoms with Crippen LogP contribution in [0.5, 0.6) is 0 Å². The van der Waals surface area contributed by atoms with Crippen LogP contribution in [0.2, 0.25) is 0 Å². The monoisotopic (exact) mass is 397 g/mol. The summed E-state index contributed by atoms with van der Waals surface area (Å²) in [5, 5.41) is 3.66. The fourth-order valence-corrected chi connectivity index (χ4v) is 3.53. The molecular weight excluding hydrogens is 378 g/mol. The number of thioether (sulfide) groups is 1. The molecule has 1 amide bonds. The van der Waals surface area contributed by atoms with Crippen molar-refractivity contribution in [1.82, 2.24) is 14.9 Å². The van der Waals surface area contributed by atoms with E-state index in [1.165, 1.54) is 11.8 Å². The summed E-state index contributed by atoms with van der Waals surface area (Å²) in [6.45, 7) is 6.89. The van der Waals surface area contributed by atoms with Gasteiger partial charge in [-0.25, -0.2) is 4.98 Å². The molecule has 124 valence electrons. The lowest BCUT2D eigenvalue weighted by Crippen LogP contribution is -2.31. The van der Waals surface area contributed by atoms with E-state index in [0.29, 0.717) is 29.1 Å². The molecule has 0 fully saturated rings. The molecule has 7 heteroatoms. The zero-order chi connectivity index (χ0) is 17.0. The number of fused-ring (bicyclic) bond motifs is 1. The molecule has 0 aliphatic heterocycles. The molecule has 23 heavy (non-hydrogen) atoms. The van der Waals surface area contributed by atoms with E-state index in [1.807, 2.05) is 32.9 Å². The Labute approximate surface area is 148 Å². The standard InChI is InChI=1S/C16H20BrN3O2S/c1-4-8-20-15(22)12-9-11(17)6-7-13(12)19-16(20)23-10(3)14(21)18-5-2/h6-7,9-10H,4-5,8H2,1-3H3,(H,18,21)/t10-/m0/s1. The van der Waals surface area contributed by atoms with Crippen molar-refractivity contribution >= 4 is 44.5 Å². The summed E-state index contributed by atoms with van der Waals surface area (Å²) in [5.74, 6) is -0.0503. The lowest BCUT2D eigenvalue weighted by Gasteiger charge is -2.15. The van der Waals surface area contributed by atoms with Gasteiger partial charge in [0.1, 0.15) is 0 Å². The van der Waals surface area contributed by atoms with E-state index in [1.54, 1.807) is 10.6 Å². The predicted octanol–water partition coefficient (Wildman–Crippen LogP) is 3.19. The van der Waals surface area contributed by atoms with Crippen molar-refractivity contribution in [2.45, 2.75) is 44.1 Å². The van der Waals surface area contributed by atoms with Crippen LogP contribution in [0.25, 0.3) is 10.9 Å². The SMILES string of the molecule is CCCn1c(S[C@@H](C)C(=O)NCC)nc2ccc(Br)cc2c1=O. The molecule has 1 aromatic carbocycles. The van der Waals surface area contributed by atoms with Gasteiger partial charge in [-0.2, -0.15) is 0 Å². The van der Waals surface area contributed by atoms with Crippen molar-refractivity contribution in [2.24, 2.45) is 0 Å². The summed E-state index contributed by atoms with van der Waals surface area (Å²) in [6.07, 6.45) is 0.824. The van der Waals surface area contributed by atoms with Crippen LogP contribution in [-0.2, 0) is 11.3 Å². The van der Waals surface area contributed by atoms with Crippen LogP contribution in [0.15, 0.2) is 32.6 Å². The number of amides is 1. The van der Waals surface area contributed by atoms with E-state index in [-0.39, 0.29) is 16.7 Å². The maximum Gasteiger partial charge on any atom is 0.262 e. The molecule has 2 rings (SSSR count). The van der Waals surface area contributed by atoms with Gasteiger partial charge >= 0.3 is 0 Å². The summed E-state index contributed by atoms with van der Waals surface area (Å²) in [6, 6.07) is 5.47. The van der Waals surface area contributed by atoms with Gasteiger partial charge in [-0.05, 0) is 38.5 Å². The normalized spacial score (nSPS) is 12.3. The molecule has 0 spiro atoms. The van der Waals surface area contributed by atoms with Gasteiger partial charge in [-0.1, -0.05) is 34.6 Å². The van der Waals surface area contributed by atoms with Gasteiger partial charge in [0.05, 0.1) is 16.2 Å². The molecule has 5 nitrogen and oxygen atoms in total. The molecule has 1 heterocycles. The number of carbonyl (C=O) groups is 1. The van der Waals surface area contributed by atoms with Crippen LogP contribution in [0, 0.1) is 0 Å². The highest BCUT2D eigenvalue weighted by Gasteiger charge is 2.18. The first kappa shape index (κ1) is 18.0. The summed E-state index contributed by atoms with van der Waals surface area (Å²) >= 11 is 4.71. The number of benzene rings is 1. The minimum absolute atomic E-state index is 0.0503. The van der Waals surface area contributed by atoms with E-state index in [0.717, 1.165) is 10.9 Å². The van der Waals surface area contributed by atoms with Crippen molar-refractivity contribution in [3.8, 4) is 0 Å². The van der Waals surface area contributed by atoms with Crippen molar-refractivity contribution in [3.63, 3.8) is 0 Å².